The first kappa shape index (κ1) is 17.5. The molecule has 0 bridgehead atoms. The van der Waals surface area contributed by atoms with E-state index in [1.165, 1.54) is 17.5 Å². The minimum Gasteiger partial charge on any atom is -0.427 e. The molecule has 2 atom stereocenters. The average Bonchev–Trinajstić information content (AvgIpc) is 2.94. The zero-order valence-corrected chi connectivity index (χ0v) is 13.6. The van der Waals surface area contributed by atoms with E-state index in [0.29, 0.717) is 12.2 Å². The van der Waals surface area contributed by atoms with Gasteiger partial charge in [-0.15, -0.1) is 0 Å². The highest BCUT2D eigenvalue weighted by atomic mass is 16.4. The molecule has 1 fully saturated rings. The predicted molar refractivity (Wildman–Crippen MR) is 91.4 cm³/mol. The van der Waals surface area contributed by atoms with Crippen LogP contribution < -0.4 is 5.73 Å². The molecule has 1 aromatic carbocycles. The van der Waals surface area contributed by atoms with Crippen molar-refractivity contribution in [1.29, 1.82) is 0 Å². The number of aryl methyl sites for hydroxylation is 1. The largest absolute Gasteiger partial charge is 0.451 e. The van der Waals surface area contributed by atoms with Crippen molar-refractivity contribution in [2.75, 3.05) is 13.1 Å². The summed E-state index contributed by atoms with van der Waals surface area (Å²) in [6.45, 7) is 5.34. The highest BCUT2D eigenvalue weighted by Gasteiger charge is 2.27. The number of rotatable bonds is 8. The Morgan fingerprint density at radius 2 is 2.00 bits per heavy atom. The minimum absolute atomic E-state index is 0.235. The smallest absolute Gasteiger partial charge is 0.427 e. The van der Waals surface area contributed by atoms with Gasteiger partial charge in [0.2, 0.25) is 0 Å². The number of benzene rings is 1. The first-order valence-corrected chi connectivity index (χ1v) is 8.44. The third kappa shape index (κ3) is 5.73. The van der Waals surface area contributed by atoms with E-state index in [1.807, 2.05) is 0 Å². The van der Waals surface area contributed by atoms with Gasteiger partial charge >= 0.3 is 7.12 Å². The van der Waals surface area contributed by atoms with Crippen LogP contribution in [-0.2, 0) is 6.54 Å². The topological polar surface area (TPSA) is 69.7 Å². The molecule has 0 aromatic heterocycles. The van der Waals surface area contributed by atoms with Gasteiger partial charge in [0, 0.05) is 19.1 Å². The normalized spacial score (nSPS) is 20.3. The Morgan fingerprint density at radius 3 is 2.68 bits per heavy atom. The number of likely N-dealkylation sites (tertiary alicyclic amines) is 1. The number of hydrogen-bond acceptors (Lipinski definition) is 4. The molecule has 122 valence electrons. The molecular formula is C17H29BN2O2. The van der Waals surface area contributed by atoms with Crippen LogP contribution in [0.2, 0.25) is 6.32 Å². The van der Waals surface area contributed by atoms with Crippen molar-refractivity contribution in [3.63, 3.8) is 0 Å². The molecule has 0 spiro atoms. The number of unbranched alkanes of at least 4 members (excludes halogenated alkanes) is 1. The second kappa shape index (κ2) is 8.68. The van der Waals surface area contributed by atoms with Crippen LogP contribution in [0.1, 0.15) is 36.8 Å². The summed E-state index contributed by atoms with van der Waals surface area (Å²) in [5.41, 5.74) is 9.00. The van der Waals surface area contributed by atoms with Crippen molar-refractivity contribution in [2.24, 2.45) is 11.7 Å². The monoisotopic (exact) mass is 304 g/mol. The van der Waals surface area contributed by atoms with E-state index in [-0.39, 0.29) is 6.04 Å². The molecule has 5 heteroatoms. The molecule has 0 aliphatic carbocycles. The molecule has 1 saturated heterocycles. The second-order valence-corrected chi connectivity index (χ2v) is 6.70. The Kier molecular flexibility index (Phi) is 6.89. The minimum atomic E-state index is -1.17. The van der Waals surface area contributed by atoms with E-state index in [9.17, 15) is 0 Å². The lowest BCUT2D eigenvalue weighted by atomic mass is 9.82. The third-order valence-corrected chi connectivity index (χ3v) is 4.69. The Hall–Kier alpha value is -0.875. The van der Waals surface area contributed by atoms with Crippen molar-refractivity contribution >= 4 is 7.12 Å². The van der Waals surface area contributed by atoms with Gasteiger partial charge in [0.1, 0.15) is 0 Å². The van der Waals surface area contributed by atoms with Crippen LogP contribution >= 0.6 is 0 Å². The van der Waals surface area contributed by atoms with Gasteiger partial charge < -0.3 is 15.8 Å². The first-order valence-electron chi connectivity index (χ1n) is 8.44. The van der Waals surface area contributed by atoms with Crippen molar-refractivity contribution in [2.45, 2.75) is 51.5 Å². The Balaban J connectivity index is 1.69. The van der Waals surface area contributed by atoms with E-state index in [0.717, 1.165) is 38.9 Å². The van der Waals surface area contributed by atoms with Crippen LogP contribution in [0.25, 0.3) is 0 Å². The lowest BCUT2D eigenvalue weighted by molar-refractivity contribution is 0.300. The maximum Gasteiger partial charge on any atom is 0.451 e. The van der Waals surface area contributed by atoms with Crippen LogP contribution in [0.3, 0.4) is 0 Å². The zero-order valence-electron chi connectivity index (χ0n) is 13.6. The summed E-state index contributed by atoms with van der Waals surface area (Å²) in [6, 6.07) is 9.00. The maximum atomic E-state index is 8.84. The summed E-state index contributed by atoms with van der Waals surface area (Å²) in [5.74, 6) is 0.574. The van der Waals surface area contributed by atoms with Crippen molar-refractivity contribution < 1.29 is 10.0 Å². The summed E-state index contributed by atoms with van der Waals surface area (Å²) < 4.78 is 0. The second-order valence-electron chi connectivity index (χ2n) is 6.70. The molecule has 0 radical (unpaired) electrons. The van der Waals surface area contributed by atoms with Gasteiger partial charge in [-0.05, 0) is 44.1 Å². The van der Waals surface area contributed by atoms with E-state index in [2.05, 4.69) is 36.1 Å². The van der Waals surface area contributed by atoms with Crippen LogP contribution in [0.4, 0.5) is 0 Å². The van der Waals surface area contributed by atoms with Crippen LogP contribution in [0.15, 0.2) is 24.3 Å². The lowest BCUT2D eigenvalue weighted by Crippen LogP contribution is -2.32. The van der Waals surface area contributed by atoms with Crippen LogP contribution in [0, 0.1) is 12.8 Å². The summed E-state index contributed by atoms with van der Waals surface area (Å²) in [4.78, 5) is 2.49. The van der Waals surface area contributed by atoms with E-state index in [1.54, 1.807) is 0 Å². The molecule has 1 aliphatic rings. The first-order chi connectivity index (χ1) is 10.5. The van der Waals surface area contributed by atoms with Gasteiger partial charge in [0.05, 0.1) is 0 Å². The molecule has 2 rings (SSSR count). The molecule has 1 aromatic rings. The molecule has 2 unspecified atom stereocenters. The Bertz CT molecular complexity index is 439. The summed E-state index contributed by atoms with van der Waals surface area (Å²) >= 11 is 0. The molecule has 0 amide bonds. The average molecular weight is 304 g/mol. The van der Waals surface area contributed by atoms with Gasteiger partial charge in [0.25, 0.3) is 0 Å². The standard InChI is InChI=1S/C17H29BN2O2/c1-14-5-7-15(8-6-14)12-20-11-9-16(13-20)17(19)4-2-3-10-18(21)22/h5-8,16-17,21-22H,2-4,9-13,19H2,1H3. The summed E-state index contributed by atoms with van der Waals surface area (Å²) in [6.07, 6.45) is 4.43. The zero-order chi connectivity index (χ0) is 15.9. The van der Waals surface area contributed by atoms with Gasteiger partial charge in [-0.2, -0.15) is 0 Å². The van der Waals surface area contributed by atoms with Gasteiger partial charge in [-0.25, -0.2) is 0 Å². The van der Waals surface area contributed by atoms with Crippen molar-refractivity contribution in [3.05, 3.63) is 35.4 Å². The fraction of sp³-hybridized carbons (Fsp3) is 0.647. The van der Waals surface area contributed by atoms with E-state index < -0.39 is 7.12 Å². The number of nitrogens with zero attached hydrogens (tertiary/aromatic N) is 1. The molecule has 0 saturated carbocycles. The number of hydrogen-bond donors (Lipinski definition) is 3. The fourth-order valence-electron chi connectivity index (χ4n) is 3.25. The van der Waals surface area contributed by atoms with Gasteiger partial charge in [-0.1, -0.05) is 42.7 Å². The molecule has 4 nitrogen and oxygen atoms in total. The predicted octanol–water partition coefficient (Wildman–Crippen LogP) is 1.79. The van der Waals surface area contributed by atoms with Crippen molar-refractivity contribution in [1.82, 2.24) is 4.90 Å². The van der Waals surface area contributed by atoms with Crippen LogP contribution in [-0.4, -0.2) is 41.2 Å². The molecular weight excluding hydrogens is 275 g/mol. The Morgan fingerprint density at radius 1 is 1.27 bits per heavy atom. The van der Waals surface area contributed by atoms with E-state index >= 15 is 0 Å². The Labute approximate surface area is 134 Å². The quantitative estimate of drug-likeness (QED) is 0.506. The SMILES string of the molecule is Cc1ccc(CN2CCC(C(N)CCCCB(O)O)C2)cc1. The maximum absolute atomic E-state index is 8.84. The van der Waals surface area contributed by atoms with E-state index in [4.69, 9.17) is 15.8 Å². The highest BCUT2D eigenvalue weighted by Crippen LogP contribution is 2.23. The highest BCUT2D eigenvalue weighted by molar-refractivity contribution is 6.40. The van der Waals surface area contributed by atoms with Gasteiger partial charge in [-0.3, -0.25) is 4.90 Å². The third-order valence-electron chi connectivity index (χ3n) is 4.69. The lowest BCUT2D eigenvalue weighted by Gasteiger charge is -2.20. The molecule has 1 heterocycles. The summed E-state index contributed by atoms with van der Waals surface area (Å²) in [7, 11) is -1.17. The number of nitrogens with two attached hydrogens (primary N) is 1. The van der Waals surface area contributed by atoms with Gasteiger partial charge in [0.15, 0.2) is 0 Å². The van der Waals surface area contributed by atoms with Crippen LogP contribution in [0.5, 0.6) is 0 Å². The van der Waals surface area contributed by atoms with Crippen molar-refractivity contribution in [3.8, 4) is 0 Å². The molecule has 22 heavy (non-hydrogen) atoms. The summed E-state index contributed by atoms with van der Waals surface area (Å²) in [5, 5.41) is 17.7. The molecule has 1 aliphatic heterocycles. The fourth-order valence-corrected chi connectivity index (χ4v) is 3.25. The molecule has 4 N–H and O–H groups in total.